The van der Waals surface area contributed by atoms with Gasteiger partial charge in [-0.1, -0.05) is 30.3 Å². The van der Waals surface area contributed by atoms with Crippen LogP contribution in [0.5, 0.6) is 0 Å². The van der Waals surface area contributed by atoms with Crippen LogP contribution in [0.15, 0.2) is 42.5 Å². The van der Waals surface area contributed by atoms with E-state index in [0.29, 0.717) is 5.52 Å². The van der Waals surface area contributed by atoms with Crippen molar-refractivity contribution in [2.45, 2.75) is 6.92 Å². The molecule has 0 bridgehead atoms. The highest BCUT2D eigenvalue weighted by Crippen LogP contribution is 2.26. The van der Waals surface area contributed by atoms with Gasteiger partial charge in [0.15, 0.2) is 0 Å². The molecule has 0 radical (unpaired) electrons. The van der Waals surface area contributed by atoms with Gasteiger partial charge in [0.25, 0.3) is 0 Å². The SMILES string of the molecule is Cc1c2ccccc2nc2c(C(=O)O)cccc12. The third kappa shape index (κ3) is 1.44. The number of aromatic carboxylic acids is 1. The zero-order chi connectivity index (χ0) is 12.7. The van der Waals surface area contributed by atoms with Gasteiger partial charge in [-0.05, 0) is 24.6 Å². The standard InChI is InChI=1S/C15H11NO2/c1-9-10-5-2-3-8-13(10)16-14-11(9)6-4-7-12(14)15(17)18/h2-8H,1H3,(H,17,18). The van der Waals surface area contributed by atoms with Crippen LogP contribution in [-0.2, 0) is 0 Å². The lowest BCUT2D eigenvalue weighted by Crippen LogP contribution is -2.00. The molecule has 3 rings (SSSR count). The normalized spacial score (nSPS) is 10.9. The number of carboxylic acids is 1. The number of aryl methyl sites for hydroxylation is 1. The number of hydrogen-bond acceptors (Lipinski definition) is 2. The molecular weight excluding hydrogens is 226 g/mol. The molecule has 0 saturated carbocycles. The van der Waals surface area contributed by atoms with E-state index in [1.807, 2.05) is 37.3 Å². The maximum Gasteiger partial charge on any atom is 0.337 e. The Labute approximate surface area is 104 Å². The summed E-state index contributed by atoms with van der Waals surface area (Å²) >= 11 is 0. The van der Waals surface area contributed by atoms with E-state index in [1.165, 1.54) is 0 Å². The summed E-state index contributed by atoms with van der Waals surface area (Å²) in [6.07, 6.45) is 0. The van der Waals surface area contributed by atoms with Gasteiger partial charge in [0, 0.05) is 10.8 Å². The van der Waals surface area contributed by atoms with E-state index in [1.54, 1.807) is 12.1 Å². The van der Waals surface area contributed by atoms with Gasteiger partial charge in [-0.15, -0.1) is 0 Å². The van der Waals surface area contributed by atoms with Gasteiger partial charge < -0.3 is 5.11 Å². The molecule has 1 heterocycles. The van der Waals surface area contributed by atoms with E-state index in [2.05, 4.69) is 4.98 Å². The van der Waals surface area contributed by atoms with Crippen LogP contribution >= 0.6 is 0 Å². The Morgan fingerprint density at radius 1 is 1.06 bits per heavy atom. The summed E-state index contributed by atoms with van der Waals surface area (Å²) in [5, 5.41) is 11.2. The fraction of sp³-hybridized carbons (Fsp3) is 0.0667. The highest BCUT2D eigenvalue weighted by molar-refractivity contribution is 6.06. The number of fused-ring (bicyclic) bond motifs is 2. The summed E-state index contributed by atoms with van der Waals surface area (Å²) < 4.78 is 0. The molecular formula is C15H11NO2. The zero-order valence-electron chi connectivity index (χ0n) is 9.84. The van der Waals surface area contributed by atoms with Crippen LogP contribution in [0.25, 0.3) is 21.8 Å². The van der Waals surface area contributed by atoms with E-state index < -0.39 is 5.97 Å². The lowest BCUT2D eigenvalue weighted by molar-refractivity contribution is 0.0699. The first-order valence-corrected chi connectivity index (χ1v) is 5.70. The molecule has 0 aliphatic carbocycles. The lowest BCUT2D eigenvalue weighted by Gasteiger charge is -2.08. The summed E-state index contributed by atoms with van der Waals surface area (Å²) in [5.41, 5.74) is 2.71. The van der Waals surface area contributed by atoms with Crippen LogP contribution in [0.2, 0.25) is 0 Å². The van der Waals surface area contributed by atoms with Gasteiger partial charge in [0.1, 0.15) is 0 Å². The van der Waals surface area contributed by atoms with Crippen molar-refractivity contribution in [2.75, 3.05) is 0 Å². The molecule has 18 heavy (non-hydrogen) atoms. The van der Waals surface area contributed by atoms with Gasteiger partial charge in [-0.25, -0.2) is 9.78 Å². The van der Waals surface area contributed by atoms with Gasteiger partial charge in [0.2, 0.25) is 0 Å². The third-order valence-corrected chi connectivity index (χ3v) is 3.21. The molecule has 2 aromatic carbocycles. The summed E-state index contributed by atoms with van der Waals surface area (Å²) in [5.74, 6) is -0.942. The summed E-state index contributed by atoms with van der Waals surface area (Å²) in [4.78, 5) is 15.7. The smallest absolute Gasteiger partial charge is 0.337 e. The van der Waals surface area contributed by atoms with Crippen LogP contribution in [-0.4, -0.2) is 16.1 Å². The molecule has 1 aromatic heterocycles. The highest BCUT2D eigenvalue weighted by Gasteiger charge is 2.12. The van der Waals surface area contributed by atoms with Crippen LogP contribution < -0.4 is 0 Å². The summed E-state index contributed by atoms with van der Waals surface area (Å²) in [6.45, 7) is 2.00. The molecule has 0 fully saturated rings. The Bertz CT molecular complexity index is 778. The average molecular weight is 237 g/mol. The largest absolute Gasteiger partial charge is 0.478 e. The minimum Gasteiger partial charge on any atom is -0.478 e. The van der Waals surface area contributed by atoms with Gasteiger partial charge in [-0.2, -0.15) is 0 Å². The van der Waals surface area contributed by atoms with E-state index in [0.717, 1.165) is 21.9 Å². The monoisotopic (exact) mass is 237 g/mol. The van der Waals surface area contributed by atoms with Crippen LogP contribution in [0.3, 0.4) is 0 Å². The molecule has 0 saturated heterocycles. The maximum atomic E-state index is 11.2. The maximum absolute atomic E-state index is 11.2. The molecule has 0 spiro atoms. The third-order valence-electron chi connectivity index (χ3n) is 3.21. The Morgan fingerprint density at radius 3 is 2.56 bits per heavy atom. The van der Waals surface area contributed by atoms with E-state index >= 15 is 0 Å². The Kier molecular flexibility index (Phi) is 2.27. The number of carbonyl (C=O) groups is 1. The van der Waals surface area contributed by atoms with E-state index in [9.17, 15) is 9.90 Å². The topological polar surface area (TPSA) is 50.2 Å². The average Bonchev–Trinajstić information content (AvgIpc) is 2.38. The number of nitrogens with zero attached hydrogens (tertiary/aromatic N) is 1. The Balaban J connectivity index is 2.55. The van der Waals surface area contributed by atoms with Crippen molar-refractivity contribution >= 4 is 27.8 Å². The number of carboxylic acid groups (broad SMARTS) is 1. The van der Waals surface area contributed by atoms with Crippen molar-refractivity contribution in [3.63, 3.8) is 0 Å². The highest BCUT2D eigenvalue weighted by atomic mass is 16.4. The molecule has 0 atom stereocenters. The molecule has 88 valence electrons. The quantitative estimate of drug-likeness (QED) is 0.660. The predicted molar refractivity (Wildman–Crippen MR) is 70.9 cm³/mol. The molecule has 0 aliphatic heterocycles. The van der Waals surface area contributed by atoms with Crippen molar-refractivity contribution in [3.8, 4) is 0 Å². The first-order valence-electron chi connectivity index (χ1n) is 5.70. The first-order chi connectivity index (χ1) is 8.68. The van der Waals surface area contributed by atoms with Crippen molar-refractivity contribution < 1.29 is 9.90 Å². The number of rotatable bonds is 1. The van der Waals surface area contributed by atoms with Crippen LogP contribution in [0.1, 0.15) is 15.9 Å². The second kappa shape index (κ2) is 3.81. The van der Waals surface area contributed by atoms with Crippen LogP contribution in [0, 0.1) is 6.92 Å². The van der Waals surface area contributed by atoms with Gasteiger partial charge in [-0.3, -0.25) is 0 Å². The molecule has 0 unspecified atom stereocenters. The molecule has 0 aliphatic rings. The molecule has 1 N–H and O–H groups in total. The van der Waals surface area contributed by atoms with E-state index in [-0.39, 0.29) is 5.56 Å². The zero-order valence-corrected chi connectivity index (χ0v) is 9.84. The molecule has 3 heteroatoms. The predicted octanol–water partition coefficient (Wildman–Crippen LogP) is 3.39. The Morgan fingerprint density at radius 2 is 1.78 bits per heavy atom. The lowest BCUT2D eigenvalue weighted by atomic mass is 10.0. The van der Waals surface area contributed by atoms with E-state index in [4.69, 9.17) is 0 Å². The molecule has 0 amide bonds. The van der Waals surface area contributed by atoms with Crippen LogP contribution in [0.4, 0.5) is 0 Å². The second-order valence-electron chi connectivity index (χ2n) is 4.26. The fourth-order valence-corrected chi connectivity index (χ4v) is 2.29. The fourth-order valence-electron chi connectivity index (χ4n) is 2.29. The minimum atomic E-state index is -0.942. The van der Waals surface area contributed by atoms with Gasteiger partial charge in [0.05, 0.1) is 16.6 Å². The van der Waals surface area contributed by atoms with Crippen molar-refractivity contribution in [1.82, 2.24) is 4.98 Å². The van der Waals surface area contributed by atoms with Crippen molar-refractivity contribution in [1.29, 1.82) is 0 Å². The number of benzene rings is 2. The first kappa shape index (κ1) is 10.7. The number of pyridine rings is 1. The van der Waals surface area contributed by atoms with Crippen molar-refractivity contribution in [2.24, 2.45) is 0 Å². The summed E-state index contributed by atoms with van der Waals surface area (Å²) in [6, 6.07) is 13.0. The number of aromatic nitrogens is 1. The molecule has 3 nitrogen and oxygen atoms in total. The second-order valence-corrected chi connectivity index (χ2v) is 4.26. The number of para-hydroxylation sites is 2. The molecule has 3 aromatic rings. The van der Waals surface area contributed by atoms with Gasteiger partial charge >= 0.3 is 5.97 Å². The summed E-state index contributed by atoms with van der Waals surface area (Å²) in [7, 11) is 0. The van der Waals surface area contributed by atoms with Crippen molar-refractivity contribution in [3.05, 3.63) is 53.6 Å². The Hall–Kier alpha value is -2.42. The number of hydrogen-bond donors (Lipinski definition) is 1. The minimum absolute atomic E-state index is 0.251.